The summed E-state index contributed by atoms with van der Waals surface area (Å²) in [4.78, 5) is 19.0. The lowest BCUT2D eigenvalue weighted by Gasteiger charge is -2.30. The number of likely N-dealkylation sites (N-methyl/N-ethyl adjacent to an activating group) is 1. The van der Waals surface area contributed by atoms with Crippen molar-refractivity contribution in [2.45, 2.75) is 52.0 Å². The SMILES string of the molecule is CCN(CC)c1ccc(C=C2C(=O)N(C3CCCCC3)C(=S)N2C)cc1. The summed E-state index contributed by atoms with van der Waals surface area (Å²) in [5.41, 5.74) is 2.92. The van der Waals surface area contributed by atoms with Gasteiger partial charge in [0.1, 0.15) is 5.70 Å². The summed E-state index contributed by atoms with van der Waals surface area (Å²) >= 11 is 5.58. The molecule has 26 heavy (non-hydrogen) atoms. The number of amides is 1. The first-order chi connectivity index (χ1) is 12.6. The number of thiocarbonyl (C=S) groups is 1. The average molecular weight is 372 g/mol. The number of hydrogen-bond donors (Lipinski definition) is 0. The fraction of sp³-hybridized carbons (Fsp3) is 0.524. The Hall–Kier alpha value is -1.88. The fourth-order valence-corrected chi connectivity index (χ4v) is 4.30. The van der Waals surface area contributed by atoms with Gasteiger partial charge in [0.25, 0.3) is 5.91 Å². The minimum Gasteiger partial charge on any atom is -0.372 e. The van der Waals surface area contributed by atoms with Crippen molar-refractivity contribution in [2.75, 3.05) is 25.0 Å². The van der Waals surface area contributed by atoms with Crippen molar-refractivity contribution >= 4 is 35.0 Å². The molecule has 1 saturated heterocycles. The quantitative estimate of drug-likeness (QED) is 0.571. The van der Waals surface area contributed by atoms with Gasteiger partial charge in [-0.2, -0.15) is 0 Å². The Labute approximate surface area is 162 Å². The molecule has 1 saturated carbocycles. The van der Waals surface area contributed by atoms with Gasteiger partial charge in [-0.15, -0.1) is 0 Å². The minimum atomic E-state index is 0.0530. The summed E-state index contributed by atoms with van der Waals surface area (Å²) in [5.74, 6) is 0.0530. The maximum absolute atomic E-state index is 13.0. The highest BCUT2D eigenvalue weighted by molar-refractivity contribution is 7.80. The first-order valence-corrected chi connectivity index (χ1v) is 10.2. The Morgan fingerprint density at radius 1 is 1.12 bits per heavy atom. The molecule has 0 spiro atoms. The monoisotopic (exact) mass is 371 g/mol. The van der Waals surface area contributed by atoms with Crippen LogP contribution in [0.25, 0.3) is 6.08 Å². The molecular formula is C21H29N3OS. The predicted molar refractivity (Wildman–Crippen MR) is 112 cm³/mol. The van der Waals surface area contributed by atoms with Crippen molar-refractivity contribution in [3.05, 3.63) is 35.5 Å². The van der Waals surface area contributed by atoms with E-state index in [1.54, 1.807) is 0 Å². The van der Waals surface area contributed by atoms with Crippen molar-refractivity contribution in [1.29, 1.82) is 0 Å². The average Bonchev–Trinajstić information content (AvgIpc) is 2.88. The van der Waals surface area contributed by atoms with Crippen LogP contribution in [0.5, 0.6) is 0 Å². The van der Waals surface area contributed by atoms with E-state index < -0.39 is 0 Å². The molecule has 0 unspecified atom stereocenters. The lowest BCUT2D eigenvalue weighted by atomic mass is 9.94. The summed E-state index contributed by atoms with van der Waals surface area (Å²) < 4.78 is 0. The van der Waals surface area contributed by atoms with Crippen molar-refractivity contribution in [3.63, 3.8) is 0 Å². The highest BCUT2D eigenvalue weighted by Crippen LogP contribution is 2.30. The van der Waals surface area contributed by atoms with Gasteiger partial charge in [0, 0.05) is 31.9 Å². The summed E-state index contributed by atoms with van der Waals surface area (Å²) in [6.45, 7) is 6.30. The third-order valence-electron chi connectivity index (χ3n) is 5.56. The molecule has 4 nitrogen and oxygen atoms in total. The first kappa shape index (κ1) is 18.9. The van der Waals surface area contributed by atoms with Gasteiger partial charge in [-0.1, -0.05) is 31.4 Å². The second kappa shape index (κ2) is 8.21. The number of benzene rings is 1. The lowest BCUT2D eigenvalue weighted by molar-refractivity contribution is -0.124. The zero-order valence-electron chi connectivity index (χ0n) is 16.1. The second-order valence-electron chi connectivity index (χ2n) is 7.10. The molecule has 0 radical (unpaired) electrons. The molecule has 0 N–H and O–H groups in total. The highest BCUT2D eigenvalue weighted by Gasteiger charge is 2.40. The molecule has 2 aliphatic rings. The van der Waals surface area contributed by atoms with E-state index in [1.807, 2.05) is 22.9 Å². The molecule has 3 rings (SSSR count). The Morgan fingerprint density at radius 3 is 2.31 bits per heavy atom. The third-order valence-corrected chi connectivity index (χ3v) is 6.03. The van der Waals surface area contributed by atoms with Crippen LogP contribution in [0.4, 0.5) is 5.69 Å². The molecule has 1 heterocycles. The number of carbonyl (C=O) groups excluding carboxylic acids is 1. The van der Waals surface area contributed by atoms with Crippen molar-refractivity contribution in [1.82, 2.24) is 9.80 Å². The van der Waals surface area contributed by atoms with E-state index >= 15 is 0 Å². The van der Waals surface area contributed by atoms with Gasteiger partial charge in [-0.3, -0.25) is 9.69 Å². The Bertz CT molecular complexity index is 688. The zero-order valence-corrected chi connectivity index (χ0v) is 16.9. The van der Waals surface area contributed by atoms with Crippen LogP contribution in [0, 0.1) is 0 Å². The van der Waals surface area contributed by atoms with E-state index in [4.69, 9.17) is 12.2 Å². The van der Waals surface area contributed by atoms with Gasteiger partial charge < -0.3 is 9.80 Å². The molecule has 2 fully saturated rings. The van der Waals surface area contributed by atoms with E-state index in [-0.39, 0.29) is 11.9 Å². The van der Waals surface area contributed by atoms with Gasteiger partial charge >= 0.3 is 0 Å². The Kier molecular flexibility index (Phi) is 5.97. The van der Waals surface area contributed by atoms with Crippen LogP contribution >= 0.6 is 12.2 Å². The van der Waals surface area contributed by atoms with Crippen molar-refractivity contribution in [2.24, 2.45) is 0 Å². The van der Waals surface area contributed by atoms with Gasteiger partial charge in [-0.05, 0) is 62.7 Å². The van der Waals surface area contributed by atoms with Crippen LogP contribution in [0.3, 0.4) is 0 Å². The number of anilines is 1. The molecule has 1 aromatic carbocycles. The van der Waals surface area contributed by atoms with Crippen LogP contribution in [0.1, 0.15) is 51.5 Å². The Balaban J connectivity index is 1.81. The molecule has 1 aliphatic carbocycles. The van der Waals surface area contributed by atoms with E-state index in [2.05, 4.69) is 43.0 Å². The van der Waals surface area contributed by atoms with Crippen LogP contribution in [-0.2, 0) is 4.79 Å². The minimum absolute atomic E-state index is 0.0530. The van der Waals surface area contributed by atoms with E-state index in [0.717, 1.165) is 31.5 Å². The third kappa shape index (κ3) is 3.63. The van der Waals surface area contributed by atoms with Crippen LogP contribution in [0.2, 0.25) is 0 Å². The number of carbonyl (C=O) groups is 1. The molecule has 1 aromatic rings. The smallest absolute Gasteiger partial charge is 0.277 e. The lowest BCUT2D eigenvalue weighted by Crippen LogP contribution is -2.41. The molecule has 0 bridgehead atoms. The number of hydrogen-bond acceptors (Lipinski definition) is 3. The molecule has 0 atom stereocenters. The number of nitrogens with zero attached hydrogens (tertiary/aromatic N) is 3. The first-order valence-electron chi connectivity index (χ1n) is 9.74. The summed E-state index contributed by atoms with van der Waals surface area (Å²) in [6, 6.07) is 8.66. The number of rotatable bonds is 5. The van der Waals surface area contributed by atoms with Crippen LogP contribution < -0.4 is 4.90 Å². The highest BCUT2D eigenvalue weighted by atomic mass is 32.1. The summed E-state index contributed by atoms with van der Waals surface area (Å²) in [5, 5.41) is 0.646. The Morgan fingerprint density at radius 2 is 1.73 bits per heavy atom. The zero-order chi connectivity index (χ0) is 18.7. The van der Waals surface area contributed by atoms with Gasteiger partial charge in [0.2, 0.25) is 0 Å². The molecule has 1 aliphatic heterocycles. The van der Waals surface area contributed by atoms with E-state index in [1.165, 1.54) is 24.9 Å². The predicted octanol–water partition coefficient (Wildman–Crippen LogP) is 4.27. The van der Waals surface area contributed by atoms with Crippen molar-refractivity contribution < 1.29 is 4.79 Å². The molecule has 140 valence electrons. The standard InChI is InChI=1S/C21H29N3OS/c1-4-23(5-2)17-13-11-16(12-14-17)15-19-20(25)24(21(26)22(19)3)18-9-7-6-8-10-18/h11-15,18H,4-10H2,1-3H3. The second-order valence-corrected chi connectivity index (χ2v) is 7.47. The van der Waals surface area contributed by atoms with E-state index in [0.29, 0.717) is 10.8 Å². The molecule has 0 aromatic heterocycles. The largest absolute Gasteiger partial charge is 0.372 e. The van der Waals surface area contributed by atoms with Crippen LogP contribution in [0.15, 0.2) is 30.0 Å². The van der Waals surface area contributed by atoms with Gasteiger partial charge in [-0.25, -0.2) is 0 Å². The van der Waals surface area contributed by atoms with Crippen LogP contribution in [-0.4, -0.2) is 47.0 Å². The molecular weight excluding hydrogens is 342 g/mol. The maximum atomic E-state index is 13.0. The van der Waals surface area contributed by atoms with Crippen molar-refractivity contribution in [3.8, 4) is 0 Å². The molecule has 5 heteroatoms. The van der Waals surface area contributed by atoms with Gasteiger partial charge in [0.15, 0.2) is 5.11 Å². The maximum Gasteiger partial charge on any atom is 0.277 e. The van der Waals surface area contributed by atoms with E-state index in [9.17, 15) is 4.79 Å². The van der Waals surface area contributed by atoms with Gasteiger partial charge in [0.05, 0.1) is 0 Å². The summed E-state index contributed by atoms with van der Waals surface area (Å²) in [6.07, 6.45) is 7.72. The topological polar surface area (TPSA) is 26.8 Å². The summed E-state index contributed by atoms with van der Waals surface area (Å²) in [7, 11) is 1.90. The fourth-order valence-electron chi connectivity index (χ4n) is 3.97. The normalized spacial score (nSPS) is 20.3. The molecule has 1 amide bonds.